The zero-order chi connectivity index (χ0) is 14.1. The highest BCUT2D eigenvalue weighted by Crippen LogP contribution is 2.33. The molecular weight excluding hydrogens is 256 g/mol. The van der Waals surface area contributed by atoms with Gasteiger partial charge in [-0.15, -0.1) is 0 Å². The fraction of sp³-hybridized carbons (Fsp3) is 0.800. The standard InChI is InChI=1S/C15H24N2O3/c1-4-18-15-13-5-6-14(15)19-8-7-17(13)9-12-10(2)16-20-11(12)3/h13-15H,4-9H2,1-3H3. The van der Waals surface area contributed by atoms with E-state index in [1.54, 1.807) is 0 Å². The van der Waals surface area contributed by atoms with Crippen molar-refractivity contribution in [3.63, 3.8) is 0 Å². The fourth-order valence-corrected chi connectivity index (χ4v) is 3.50. The summed E-state index contributed by atoms with van der Waals surface area (Å²) < 4.78 is 17.2. The molecule has 2 fully saturated rings. The molecule has 2 aliphatic rings. The minimum absolute atomic E-state index is 0.211. The van der Waals surface area contributed by atoms with Crippen molar-refractivity contribution >= 4 is 0 Å². The number of nitrogens with zero attached hydrogens (tertiary/aromatic N) is 2. The molecule has 3 atom stereocenters. The lowest BCUT2D eigenvalue weighted by atomic mass is 10.1. The first-order valence-corrected chi connectivity index (χ1v) is 7.59. The average molecular weight is 280 g/mol. The summed E-state index contributed by atoms with van der Waals surface area (Å²) in [5, 5.41) is 4.06. The SMILES string of the molecule is CCOC1C2CCC1N(Cc1c(C)noc1C)CCO2. The Hall–Kier alpha value is -0.910. The van der Waals surface area contributed by atoms with Crippen molar-refractivity contribution in [1.82, 2.24) is 10.1 Å². The highest BCUT2D eigenvalue weighted by molar-refractivity contribution is 5.21. The van der Waals surface area contributed by atoms with E-state index >= 15 is 0 Å². The van der Waals surface area contributed by atoms with E-state index in [-0.39, 0.29) is 12.2 Å². The maximum absolute atomic E-state index is 5.96. The molecule has 1 saturated heterocycles. The van der Waals surface area contributed by atoms with Gasteiger partial charge in [-0.25, -0.2) is 0 Å². The van der Waals surface area contributed by atoms with Crippen molar-refractivity contribution in [1.29, 1.82) is 0 Å². The molecule has 1 saturated carbocycles. The second kappa shape index (κ2) is 5.84. The third kappa shape index (κ3) is 2.50. The van der Waals surface area contributed by atoms with Crippen LogP contribution in [-0.4, -0.2) is 48.1 Å². The molecule has 0 amide bonds. The third-order valence-electron chi connectivity index (χ3n) is 4.57. The van der Waals surface area contributed by atoms with Gasteiger partial charge in [-0.05, 0) is 33.6 Å². The van der Waals surface area contributed by atoms with Gasteiger partial charge < -0.3 is 14.0 Å². The van der Waals surface area contributed by atoms with Crippen molar-refractivity contribution in [3.05, 3.63) is 17.0 Å². The van der Waals surface area contributed by atoms with Gasteiger partial charge in [0.2, 0.25) is 0 Å². The minimum atomic E-state index is 0.211. The molecule has 5 heteroatoms. The van der Waals surface area contributed by atoms with Crippen LogP contribution in [0.5, 0.6) is 0 Å². The molecule has 1 aromatic rings. The highest BCUT2D eigenvalue weighted by atomic mass is 16.5. The molecule has 0 radical (unpaired) electrons. The molecule has 0 aromatic carbocycles. The molecule has 5 nitrogen and oxygen atoms in total. The average Bonchev–Trinajstić information content (AvgIpc) is 2.88. The molecule has 0 N–H and O–H groups in total. The molecule has 112 valence electrons. The normalized spacial score (nSPS) is 30.6. The van der Waals surface area contributed by atoms with E-state index in [0.717, 1.165) is 50.6 Å². The maximum atomic E-state index is 5.96. The van der Waals surface area contributed by atoms with Crippen LogP contribution in [0.1, 0.15) is 36.8 Å². The molecule has 1 aromatic heterocycles. The van der Waals surface area contributed by atoms with Crippen LogP contribution >= 0.6 is 0 Å². The molecular formula is C15H24N2O3. The maximum Gasteiger partial charge on any atom is 0.138 e. The van der Waals surface area contributed by atoms with Gasteiger partial charge in [0.05, 0.1) is 24.5 Å². The van der Waals surface area contributed by atoms with Gasteiger partial charge in [0, 0.05) is 31.3 Å². The van der Waals surface area contributed by atoms with Crippen LogP contribution in [0.25, 0.3) is 0 Å². The van der Waals surface area contributed by atoms with Gasteiger partial charge in [-0.1, -0.05) is 5.16 Å². The van der Waals surface area contributed by atoms with Gasteiger partial charge in [-0.2, -0.15) is 0 Å². The van der Waals surface area contributed by atoms with Gasteiger partial charge in [-0.3, -0.25) is 4.90 Å². The monoisotopic (exact) mass is 280 g/mol. The lowest BCUT2D eigenvalue weighted by Gasteiger charge is -2.30. The number of rotatable bonds is 4. The highest BCUT2D eigenvalue weighted by Gasteiger charge is 2.43. The molecule has 1 aliphatic carbocycles. The second-order valence-electron chi connectivity index (χ2n) is 5.75. The van der Waals surface area contributed by atoms with Gasteiger partial charge in [0.1, 0.15) is 5.76 Å². The summed E-state index contributed by atoms with van der Waals surface area (Å²) in [5.74, 6) is 0.926. The van der Waals surface area contributed by atoms with Crippen LogP contribution < -0.4 is 0 Å². The summed E-state index contributed by atoms with van der Waals surface area (Å²) in [7, 11) is 0. The van der Waals surface area contributed by atoms with E-state index in [9.17, 15) is 0 Å². The van der Waals surface area contributed by atoms with Crippen molar-refractivity contribution in [2.24, 2.45) is 0 Å². The molecule has 3 unspecified atom stereocenters. The minimum Gasteiger partial charge on any atom is -0.374 e. The summed E-state index contributed by atoms with van der Waals surface area (Å²) in [4.78, 5) is 2.49. The first kappa shape index (κ1) is 14.0. The Labute approximate surface area is 120 Å². The van der Waals surface area contributed by atoms with E-state index < -0.39 is 0 Å². The quantitative estimate of drug-likeness (QED) is 0.845. The van der Waals surface area contributed by atoms with Gasteiger partial charge in [0.25, 0.3) is 0 Å². The van der Waals surface area contributed by atoms with E-state index in [2.05, 4.69) is 17.0 Å². The number of fused-ring (bicyclic) bond motifs is 2. The van der Waals surface area contributed by atoms with Crippen molar-refractivity contribution < 1.29 is 14.0 Å². The predicted molar refractivity (Wildman–Crippen MR) is 74.6 cm³/mol. The van der Waals surface area contributed by atoms with E-state index in [4.69, 9.17) is 14.0 Å². The zero-order valence-corrected chi connectivity index (χ0v) is 12.6. The Kier molecular flexibility index (Phi) is 4.10. The Balaban J connectivity index is 1.78. The van der Waals surface area contributed by atoms with Crippen LogP contribution in [-0.2, 0) is 16.0 Å². The first-order chi connectivity index (χ1) is 9.70. The lowest BCUT2D eigenvalue weighted by molar-refractivity contribution is -0.0498. The Bertz CT molecular complexity index is 440. The molecule has 0 spiro atoms. The van der Waals surface area contributed by atoms with Crippen LogP contribution in [0.15, 0.2) is 4.52 Å². The Morgan fingerprint density at radius 3 is 2.90 bits per heavy atom. The number of aromatic nitrogens is 1. The number of aryl methyl sites for hydroxylation is 2. The third-order valence-corrected chi connectivity index (χ3v) is 4.57. The smallest absolute Gasteiger partial charge is 0.138 e. The molecule has 1 aliphatic heterocycles. The topological polar surface area (TPSA) is 47.7 Å². The van der Waals surface area contributed by atoms with Crippen molar-refractivity contribution in [2.45, 2.75) is 58.4 Å². The van der Waals surface area contributed by atoms with Crippen LogP contribution in [0.2, 0.25) is 0 Å². The summed E-state index contributed by atoms with van der Waals surface area (Å²) in [6.07, 6.45) is 2.74. The first-order valence-electron chi connectivity index (χ1n) is 7.59. The number of hydrogen-bond acceptors (Lipinski definition) is 5. The Morgan fingerprint density at radius 2 is 2.20 bits per heavy atom. The zero-order valence-electron chi connectivity index (χ0n) is 12.6. The largest absolute Gasteiger partial charge is 0.374 e. The van der Waals surface area contributed by atoms with Crippen LogP contribution in [0, 0.1) is 13.8 Å². The van der Waals surface area contributed by atoms with E-state index in [1.807, 2.05) is 13.8 Å². The van der Waals surface area contributed by atoms with Gasteiger partial charge in [0.15, 0.2) is 0 Å². The second-order valence-corrected chi connectivity index (χ2v) is 5.75. The molecule has 20 heavy (non-hydrogen) atoms. The predicted octanol–water partition coefficient (Wildman–Crippen LogP) is 2.06. The summed E-state index contributed by atoms with van der Waals surface area (Å²) in [5.41, 5.74) is 2.21. The summed E-state index contributed by atoms with van der Waals surface area (Å²) in [6, 6.07) is 0.455. The number of hydrogen-bond donors (Lipinski definition) is 0. The van der Waals surface area contributed by atoms with Gasteiger partial charge >= 0.3 is 0 Å². The van der Waals surface area contributed by atoms with E-state index in [1.165, 1.54) is 5.56 Å². The van der Waals surface area contributed by atoms with Crippen LogP contribution in [0.3, 0.4) is 0 Å². The summed E-state index contributed by atoms with van der Waals surface area (Å²) >= 11 is 0. The molecule has 2 heterocycles. The molecule has 3 rings (SSSR count). The van der Waals surface area contributed by atoms with Crippen molar-refractivity contribution in [2.75, 3.05) is 19.8 Å². The molecule has 2 bridgehead atoms. The van der Waals surface area contributed by atoms with Crippen LogP contribution in [0.4, 0.5) is 0 Å². The number of ether oxygens (including phenoxy) is 2. The fourth-order valence-electron chi connectivity index (χ4n) is 3.50. The Morgan fingerprint density at radius 1 is 1.35 bits per heavy atom. The summed E-state index contributed by atoms with van der Waals surface area (Å²) in [6.45, 7) is 9.43. The van der Waals surface area contributed by atoms with Crippen molar-refractivity contribution in [3.8, 4) is 0 Å². The van der Waals surface area contributed by atoms with E-state index in [0.29, 0.717) is 6.04 Å². The lowest BCUT2D eigenvalue weighted by Crippen LogP contribution is -2.43.